The molecule has 2 N–H and O–H groups in total. The molecule has 1 aromatic rings. The Morgan fingerprint density at radius 3 is 2.50 bits per heavy atom. The second-order valence-electron chi connectivity index (χ2n) is 2.24. The Morgan fingerprint density at radius 1 is 1.36 bits per heavy atom. The number of aromatic amines is 2. The quantitative estimate of drug-likeness (QED) is 0.404. The number of rotatable bonds is 1. The molecule has 1 aromatic heterocycles. The lowest BCUT2D eigenvalue weighted by molar-refractivity contribution is -0.135. The van der Waals surface area contributed by atoms with Gasteiger partial charge in [0.1, 0.15) is 0 Å². The first-order chi connectivity index (χ1) is 6.50. The molecule has 0 bridgehead atoms. The number of esters is 2. The van der Waals surface area contributed by atoms with Gasteiger partial charge in [-0.2, -0.15) is 5.10 Å². The van der Waals surface area contributed by atoms with Crippen LogP contribution in [-0.4, -0.2) is 27.1 Å². The van der Waals surface area contributed by atoms with Gasteiger partial charge in [-0.15, -0.1) is 0 Å². The standard InChI is InChI=1S/C6H5N3O5/c1-2(10)14-5(12)3-4(11)7-6(13)9-8-3/h1H3,(H2,7,9,11,13). The zero-order chi connectivity index (χ0) is 10.7. The third-order valence-corrected chi connectivity index (χ3v) is 1.14. The molecule has 0 radical (unpaired) electrons. The van der Waals surface area contributed by atoms with E-state index in [1.807, 2.05) is 5.10 Å². The van der Waals surface area contributed by atoms with Crippen molar-refractivity contribution in [1.82, 2.24) is 15.2 Å². The van der Waals surface area contributed by atoms with E-state index in [4.69, 9.17) is 0 Å². The van der Waals surface area contributed by atoms with E-state index >= 15 is 0 Å². The minimum atomic E-state index is -1.21. The Kier molecular flexibility index (Phi) is 2.56. The van der Waals surface area contributed by atoms with Crippen LogP contribution in [0.15, 0.2) is 9.59 Å². The van der Waals surface area contributed by atoms with E-state index in [0.29, 0.717) is 0 Å². The first kappa shape index (κ1) is 9.84. The summed E-state index contributed by atoms with van der Waals surface area (Å²) in [6.45, 7) is 0.998. The molecule has 0 aromatic carbocycles. The van der Waals surface area contributed by atoms with Gasteiger partial charge in [-0.05, 0) is 0 Å². The van der Waals surface area contributed by atoms with Crippen LogP contribution in [0, 0.1) is 0 Å². The van der Waals surface area contributed by atoms with Crippen LogP contribution in [0.1, 0.15) is 17.4 Å². The number of carbonyl (C=O) groups is 2. The molecular weight excluding hydrogens is 194 g/mol. The van der Waals surface area contributed by atoms with Gasteiger partial charge < -0.3 is 4.74 Å². The molecule has 0 spiro atoms. The van der Waals surface area contributed by atoms with Crippen molar-refractivity contribution in [2.75, 3.05) is 0 Å². The van der Waals surface area contributed by atoms with Gasteiger partial charge in [0.05, 0.1) is 0 Å². The van der Waals surface area contributed by atoms with E-state index in [9.17, 15) is 19.2 Å². The second-order valence-corrected chi connectivity index (χ2v) is 2.24. The van der Waals surface area contributed by atoms with Gasteiger partial charge >= 0.3 is 17.6 Å². The molecule has 0 unspecified atom stereocenters. The lowest BCUT2D eigenvalue weighted by atomic mass is 10.5. The van der Waals surface area contributed by atoms with Crippen LogP contribution >= 0.6 is 0 Å². The van der Waals surface area contributed by atoms with E-state index in [1.165, 1.54) is 0 Å². The van der Waals surface area contributed by atoms with Gasteiger partial charge in [0, 0.05) is 6.92 Å². The van der Waals surface area contributed by atoms with Crippen LogP contribution in [0.4, 0.5) is 0 Å². The maximum absolute atomic E-state index is 10.9. The molecule has 0 fully saturated rings. The summed E-state index contributed by atoms with van der Waals surface area (Å²) < 4.78 is 4.07. The number of hydrogen-bond acceptors (Lipinski definition) is 6. The zero-order valence-corrected chi connectivity index (χ0v) is 6.99. The van der Waals surface area contributed by atoms with Gasteiger partial charge in [0.2, 0.25) is 5.69 Å². The van der Waals surface area contributed by atoms with E-state index in [2.05, 4.69) is 9.84 Å². The molecule has 0 saturated carbocycles. The average Bonchev–Trinajstić information content (AvgIpc) is 2.01. The number of H-pyrrole nitrogens is 2. The first-order valence-corrected chi connectivity index (χ1v) is 3.42. The van der Waals surface area contributed by atoms with Crippen molar-refractivity contribution >= 4 is 11.9 Å². The molecule has 14 heavy (non-hydrogen) atoms. The number of nitrogens with zero attached hydrogens (tertiary/aromatic N) is 1. The highest BCUT2D eigenvalue weighted by atomic mass is 16.6. The smallest absolute Gasteiger partial charge is 0.372 e. The Balaban J connectivity index is 3.08. The van der Waals surface area contributed by atoms with Crippen LogP contribution < -0.4 is 11.2 Å². The van der Waals surface area contributed by atoms with Crippen molar-refractivity contribution in [2.24, 2.45) is 0 Å². The second kappa shape index (κ2) is 3.64. The molecular formula is C6H5N3O5. The Morgan fingerprint density at radius 2 is 2.00 bits per heavy atom. The molecule has 74 valence electrons. The number of hydrogen-bond donors (Lipinski definition) is 2. The van der Waals surface area contributed by atoms with Crippen molar-refractivity contribution in [3.63, 3.8) is 0 Å². The van der Waals surface area contributed by atoms with Crippen LogP contribution in [0.25, 0.3) is 0 Å². The number of nitrogens with one attached hydrogen (secondary N) is 2. The molecule has 8 nitrogen and oxygen atoms in total. The minimum Gasteiger partial charge on any atom is -0.388 e. The van der Waals surface area contributed by atoms with Gasteiger partial charge in [0.25, 0.3) is 5.56 Å². The van der Waals surface area contributed by atoms with E-state index in [0.717, 1.165) is 6.92 Å². The molecule has 8 heteroatoms. The number of carbonyl (C=O) groups excluding carboxylic acids is 2. The molecule has 0 aliphatic rings. The third kappa shape index (κ3) is 2.12. The molecule has 0 amide bonds. The van der Waals surface area contributed by atoms with Gasteiger partial charge in [-0.1, -0.05) is 0 Å². The summed E-state index contributed by atoms with van der Waals surface area (Å²) >= 11 is 0. The first-order valence-electron chi connectivity index (χ1n) is 3.42. The molecule has 0 atom stereocenters. The van der Waals surface area contributed by atoms with Gasteiger partial charge in [-0.3, -0.25) is 14.6 Å². The Labute approximate surface area is 75.9 Å². The average molecular weight is 199 g/mol. The van der Waals surface area contributed by atoms with Gasteiger partial charge in [0.15, 0.2) is 0 Å². The molecule has 0 aliphatic heterocycles. The fraction of sp³-hybridized carbons (Fsp3) is 0.167. The highest BCUT2D eigenvalue weighted by Gasteiger charge is 2.16. The Hall–Kier alpha value is -2.25. The maximum atomic E-state index is 10.9. The highest BCUT2D eigenvalue weighted by molar-refractivity contribution is 5.94. The van der Waals surface area contributed by atoms with Crippen LogP contribution in [0.2, 0.25) is 0 Å². The maximum Gasteiger partial charge on any atom is 0.372 e. The van der Waals surface area contributed by atoms with Crippen LogP contribution in [-0.2, 0) is 9.53 Å². The topological polar surface area (TPSA) is 122 Å². The van der Waals surface area contributed by atoms with Crippen molar-refractivity contribution < 1.29 is 14.3 Å². The normalized spacial score (nSPS) is 9.50. The van der Waals surface area contributed by atoms with Crippen molar-refractivity contribution in [3.05, 3.63) is 26.5 Å². The number of ether oxygens (including phenoxy) is 1. The van der Waals surface area contributed by atoms with E-state index < -0.39 is 28.9 Å². The summed E-state index contributed by atoms with van der Waals surface area (Å²) in [5.41, 5.74) is -2.55. The Bertz CT molecular complexity index is 485. The fourth-order valence-electron chi connectivity index (χ4n) is 0.665. The minimum absolute atomic E-state index is 0.681. The van der Waals surface area contributed by atoms with Crippen molar-refractivity contribution in [1.29, 1.82) is 0 Å². The summed E-state index contributed by atoms with van der Waals surface area (Å²) in [6.07, 6.45) is 0. The summed E-state index contributed by atoms with van der Waals surface area (Å²) in [5, 5.41) is 4.94. The molecule has 0 saturated heterocycles. The molecule has 0 aliphatic carbocycles. The monoisotopic (exact) mass is 199 g/mol. The van der Waals surface area contributed by atoms with Gasteiger partial charge in [-0.25, -0.2) is 14.7 Å². The van der Waals surface area contributed by atoms with Crippen molar-refractivity contribution in [3.8, 4) is 0 Å². The summed E-state index contributed by atoms with van der Waals surface area (Å²) in [5.74, 6) is -2.09. The number of aromatic nitrogens is 3. The largest absolute Gasteiger partial charge is 0.388 e. The summed E-state index contributed by atoms with van der Waals surface area (Å²) in [7, 11) is 0. The SMILES string of the molecule is CC(=O)OC(=O)c1n[nH]c(=O)[nH]c1=O. The van der Waals surface area contributed by atoms with Crippen molar-refractivity contribution in [2.45, 2.75) is 6.92 Å². The lowest BCUT2D eigenvalue weighted by Crippen LogP contribution is -2.31. The van der Waals surface area contributed by atoms with Crippen LogP contribution in [0.5, 0.6) is 0 Å². The predicted molar refractivity (Wildman–Crippen MR) is 41.6 cm³/mol. The van der Waals surface area contributed by atoms with E-state index in [-0.39, 0.29) is 0 Å². The highest BCUT2D eigenvalue weighted by Crippen LogP contribution is 1.87. The molecule has 1 heterocycles. The predicted octanol–water partition coefficient (Wildman–Crippen LogP) is -1.84. The zero-order valence-electron chi connectivity index (χ0n) is 6.99. The van der Waals surface area contributed by atoms with E-state index in [1.54, 1.807) is 4.98 Å². The molecule has 1 rings (SSSR count). The fourth-order valence-corrected chi connectivity index (χ4v) is 0.665. The van der Waals surface area contributed by atoms with Crippen LogP contribution in [0.3, 0.4) is 0 Å². The third-order valence-electron chi connectivity index (χ3n) is 1.14. The lowest BCUT2D eigenvalue weighted by Gasteiger charge is -1.95. The summed E-state index contributed by atoms with van der Waals surface area (Å²) in [4.78, 5) is 44.4. The summed E-state index contributed by atoms with van der Waals surface area (Å²) in [6, 6.07) is 0.